The Kier molecular flexibility index (Phi) is 5.05. The smallest absolute Gasteiger partial charge is 0.258 e. The number of para-hydroxylation sites is 1. The van der Waals surface area contributed by atoms with Crippen LogP contribution in [0.4, 0.5) is 5.69 Å². The molecule has 2 aromatic carbocycles. The van der Waals surface area contributed by atoms with Crippen LogP contribution in [0.5, 0.6) is 5.75 Å². The number of rotatable bonds is 4. The van der Waals surface area contributed by atoms with E-state index in [9.17, 15) is 9.59 Å². The van der Waals surface area contributed by atoms with Gasteiger partial charge in [0.15, 0.2) is 5.52 Å². The number of amides is 2. The fourth-order valence-corrected chi connectivity index (χ4v) is 5.07. The number of nitrogens with zero attached hydrogens (tertiary/aromatic N) is 3. The fourth-order valence-electron chi connectivity index (χ4n) is 5.07. The minimum absolute atomic E-state index is 0.0615. The van der Waals surface area contributed by atoms with Crippen LogP contribution in [0.15, 0.2) is 47.1 Å². The lowest BCUT2D eigenvalue weighted by Crippen LogP contribution is -2.48. The highest BCUT2D eigenvalue weighted by molar-refractivity contribution is 6.05. The second kappa shape index (κ2) is 8.02. The molecule has 1 saturated heterocycles. The molecule has 3 atom stereocenters. The van der Waals surface area contributed by atoms with Crippen molar-refractivity contribution in [3.05, 3.63) is 48.0 Å². The first kappa shape index (κ1) is 19.5. The van der Waals surface area contributed by atoms with Crippen LogP contribution in [-0.4, -0.2) is 46.2 Å². The van der Waals surface area contributed by atoms with Gasteiger partial charge in [0.2, 0.25) is 5.91 Å². The van der Waals surface area contributed by atoms with Crippen molar-refractivity contribution in [1.82, 2.24) is 15.2 Å². The van der Waals surface area contributed by atoms with E-state index in [2.05, 4.69) is 15.6 Å². The first-order chi connectivity index (χ1) is 15.2. The third kappa shape index (κ3) is 3.41. The summed E-state index contributed by atoms with van der Waals surface area (Å²) in [4.78, 5) is 28.8. The monoisotopic (exact) mass is 420 g/mol. The number of carbonyl (C=O) groups is 2. The Morgan fingerprint density at radius 2 is 1.94 bits per heavy atom. The average Bonchev–Trinajstić information content (AvgIpc) is 3.44. The molecule has 2 aliphatic rings. The van der Waals surface area contributed by atoms with Crippen LogP contribution in [0.1, 0.15) is 42.5 Å². The summed E-state index contributed by atoms with van der Waals surface area (Å²) in [6, 6.07) is 12.0. The maximum absolute atomic E-state index is 13.6. The predicted octanol–water partition coefficient (Wildman–Crippen LogP) is 3.64. The number of benzene rings is 2. The summed E-state index contributed by atoms with van der Waals surface area (Å²) >= 11 is 0. The number of anilines is 1. The van der Waals surface area contributed by atoms with Gasteiger partial charge >= 0.3 is 0 Å². The van der Waals surface area contributed by atoms with Gasteiger partial charge < -0.3 is 15.0 Å². The van der Waals surface area contributed by atoms with E-state index in [-0.39, 0.29) is 17.9 Å². The highest BCUT2D eigenvalue weighted by Gasteiger charge is 2.48. The van der Waals surface area contributed by atoms with Crippen LogP contribution >= 0.6 is 0 Å². The molecule has 2 heterocycles. The van der Waals surface area contributed by atoms with Gasteiger partial charge in [0, 0.05) is 6.04 Å². The Morgan fingerprint density at radius 1 is 1.10 bits per heavy atom. The van der Waals surface area contributed by atoms with E-state index in [4.69, 9.17) is 9.37 Å². The third-order valence-corrected chi connectivity index (χ3v) is 6.51. The van der Waals surface area contributed by atoms with Crippen LogP contribution in [0, 0.1) is 5.92 Å². The quantitative estimate of drug-likeness (QED) is 0.692. The van der Waals surface area contributed by atoms with E-state index >= 15 is 0 Å². The minimum Gasteiger partial charge on any atom is -0.496 e. The standard InChI is InChI=1S/C23H24N4O4/c1-30-20-12-5-3-8-15(20)23(29)27-18-11-4-2-7-14(18)13-19(27)22(28)24-16-9-6-10-17-21(16)26-31-25-17/h3,5-6,8-10,12,14,18-19H,2,4,7,11,13H2,1H3,(H,24,28)/t14-,18+,19-/m0/s1. The van der Waals surface area contributed by atoms with E-state index in [1.807, 2.05) is 12.1 Å². The highest BCUT2D eigenvalue weighted by atomic mass is 16.6. The third-order valence-electron chi connectivity index (χ3n) is 6.51. The second-order valence-electron chi connectivity index (χ2n) is 8.20. The molecule has 2 amide bonds. The summed E-state index contributed by atoms with van der Waals surface area (Å²) in [6.07, 6.45) is 4.81. The van der Waals surface area contributed by atoms with Crippen LogP contribution < -0.4 is 10.1 Å². The van der Waals surface area contributed by atoms with Crippen LogP contribution in [0.25, 0.3) is 11.0 Å². The van der Waals surface area contributed by atoms with Crippen molar-refractivity contribution in [2.75, 3.05) is 12.4 Å². The molecule has 1 aliphatic heterocycles. The van der Waals surface area contributed by atoms with Gasteiger partial charge in [0.25, 0.3) is 5.91 Å². The molecular formula is C23H24N4O4. The molecule has 1 aromatic heterocycles. The number of fused-ring (bicyclic) bond motifs is 2. The van der Waals surface area contributed by atoms with E-state index in [1.54, 1.807) is 42.3 Å². The van der Waals surface area contributed by atoms with Crippen molar-refractivity contribution >= 4 is 28.5 Å². The lowest BCUT2D eigenvalue weighted by atomic mass is 9.84. The maximum atomic E-state index is 13.6. The average molecular weight is 420 g/mol. The first-order valence-corrected chi connectivity index (χ1v) is 10.6. The van der Waals surface area contributed by atoms with Crippen molar-refractivity contribution in [3.63, 3.8) is 0 Å². The highest BCUT2D eigenvalue weighted by Crippen LogP contribution is 2.41. The number of likely N-dealkylation sites (tertiary alicyclic amines) is 1. The lowest BCUT2D eigenvalue weighted by Gasteiger charge is -2.34. The van der Waals surface area contributed by atoms with Gasteiger partial charge in [-0.25, -0.2) is 4.63 Å². The summed E-state index contributed by atoms with van der Waals surface area (Å²) in [6.45, 7) is 0. The van der Waals surface area contributed by atoms with Crippen LogP contribution in [-0.2, 0) is 4.79 Å². The zero-order valence-electron chi connectivity index (χ0n) is 17.3. The Labute approximate surface area is 179 Å². The molecule has 0 radical (unpaired) electrons. The summed E-state index contributed by atoms with van der Waals surface area (Å²) in [5.41, 5.74) is 2.08. The Hall–Kier alpha value is -3.42. The number of aromatic nitrogens is 2. The van der Waals surface area contributed by atoms with Crippen molar-refractivity contribution < 1.29 is 19.0 Å². The van der Waals surface area contributed by atoms with E-state index in [0.29, 0.717) is 40.4 Å². The van der Waals surface area contributed by atoms with Gasteiger partial charge in [-0.05, 0) is 59.8 Å². The maximum Gasteiger partial charge on any atom is 0.258 e. The predicted molar refractivity (Wildman–Crippen MR) is 114 cm³/mol. The zero-order valence-corrected chi connectivity index (χ0v) is 17.3. The molecule has 0 unspecified atom stereocenters. The zero-order chi connectivity index (χ0) is 21.4. The fraction of sp³-hybridized carbons (Fsp3) is 0.391. The largest absolute Gasteiger partial charge is 0.496 e. The first-order valence-electron chi connectivity index (χ1n) is 10.6. The SMILES string of the molecule is COc1ccccc1C(=O)N1[C@@H]2CCCC[C@H]2C[C@H]1C(=O)Nc1cccc2nonc12. The summed E-state index contributed by atoms with van der Waals surface area (Å²) < 4.78 is 10.2. The lowest BCUT2D eigenvalue weighted by molar-refractivity contribution is -0.120. The molecule has 2 fully saturated rings. The number of hydrogen-bond donors (Lipinski definition) is 1. The van der Waals surface area contributed by atoms with E-state index < -0.39 is 6.04 Å². The topological polar surface area (TPSA) is 97.6 Å². The molecule has 160 valence electrons. The Balaban J connectivity index is 1.47. The van der Waals surface area contributed by atoms with Crippen molar-refractivity contribution in [1.29, 1.82) is 0 Å². The van der Waals surface area contributed by atoms with Gasteiger partial charge in [-0.1, -0.05) is 31.0 Å². The van der Waals surface area contributed by atoms with Gasteiger partial charge in [0.1, 0.15) is 17.3 Å². The van der Waals surface area contributed by atoms with E-state index in [1.165, 1.54) is 0 Å². The summed E-state index contributed by atoms with van der Waals surface area (Å²) in [7, 11) is 1.55. The Bertz CT molecular complexity index is 1130. The normalized spacial score (nSPS) is 22.9. The number of nitrogens with one attached hydrogen (secondary N) is 1. The van der Waals surface area contributed by atoms with Crippen LogP contribution in [0.2, 0.25) is 0 Å². The number of methoxy groups -OCH3 is 1. The van der Waals surface area contributed by atoms with Gasteiger partial charge in [-0.3, -0.25) is 9.59 Å². The molecular weight excluding hydrogens is 396 g/mol. The molecule has 0 spiro atoms. The molecule has 31 heavy (non-hydrogen) atoms. The number of carbonyl (C=O) groups excluding carboxylic acids is 2. The van der Waals surface area contributed by atoms with Crippen molar-refractivity contribution in [2.24, 2.45) is 5.92 Å². The summed E-state index contributed by atoms with van der Waals surface area (Å²) in [5, 5.41) is 10.7. The molecule has 8 nitrogen and oxygen atoms in total. The van der Waals surface area contributed by atoms with Crippen molar-refractivity contribution in [2.45, 2.75) is 44.2 Å². The van der Waals surface area contributed by atoms with Crippen molar-refractivity contribution in [3.8, 4) is 5.75 Å². The Morgan fingerprint density at radius 3 is 2.81 bits per heavy atom. The molecule has 8 heteroatoms. The molecule has 1 N–H and O–H groups in total. The number of hydrogen-bond acceptors (Lipinski definition) is 6. The molecule has 1 saturated carbocycles. The molecule has 5 rings (SSSR count). The van der Waals surface area contributed by atoms with Gasteiger partial charge in [-0.15, -0.1) is 0 Å². The van der Waals surface area contributed by atoms with E-state index in [0.717, 1.165) is 25.7 Å². The van der Waals surface area contributed by atoms with Gasteiger partial charge in [-0.2, -0.15) is 0 Å². The molecule has 0 bridgehead atoms. The number of ether oxygens (including phenoxy) is 1. The second-order valence-corrected chi connectivity index (χ2v) is 8.20. The minimum atomic E-state index is -0.555. The van der Waals surface area contributed by atoms with Crippen LogP contribution in [0.3, 0.4) is 0 Å². The molecule has 3 aromatic rings. The van der Waals surface area contributed by atoms with Gasteiger partial charge in [0.05, 0.1) is 18.4 Å². The summed E-state index contributed by atoms with van der Waals surface area (Å²) in [5.74, 6) is 0.471. The molecule has 1 aliphatic carbocycles.